The summed E-state index contributed by atoms with van der Waals surface area (Å²) in [5.74, 6) is 1.11. The van der Waals surface area contributed by atoms with E-state index in [4.69, 9.17) is 14.9 Å². The number of rotatable bonds is 3. The van der Waals surface area contributed by atoms with Gasteiger partial charge in [-0.25, -0.2) is 0 Å². The molecule has 4 nitrogen and oxygen atoms in total. The van der Waals surface area contributed by atoms with Crippen molar-refractivity contribution in [2.75, 3.05) is 6.61 Å². The zero-order chi connectivity index (χ0) is 15.8. The molecule has 0 heterocycles. The molecule has 0 aliphatic heterocycles. The summed E-state index contributed by atoms with van der Waals surface area (Å²) in [7, 11) is 0. The largest absolute Gasteiger partial charge is 0.508 e. The van der Waals surface area contributed by atoms with Crippen LogP contribution in [-0.4, -0.2) is 21.9 Å². The maximum Gasteiger partial charge on any atom is 0.123 e. The first-order valence-corrected chi connectivity index (χ1v) is 6.44. The predicted octanol–water partition coefficient (Wildman–Crippen LogP) is 3.67. The highest BCUT2D eigenvalue weighted by molar-refractivity contribution is 5.37. The molecule has 3 N–H and O–H groups in total. The fraction of sp³-hybridized carbons (Fsp3) is 0.176. The van der Waals surface area contributed by atoms with E-state index in [0.29, 0.717) is 12.4 Å². The van der Waals surface area contributed by atoms with Gasteiger partial charge in [0.15, 0.2) is 0 Å². The molecule has 0 aliphatic rings. The smallest absolute Gasteiger partial charge is 0.123 e. The standard InChI is InChI=1S/C10H12O2.C7H8O2/c1-3-4-12-10-6-8(2)5-9(11)7-10;1-5-2-6(8)4-7(9)3-5/h3,5-7,11H,1,4H2,2H3;2-4,8-9H,1H3. The lowest BCUT2D eigenvalue weighted by molar-refractivity contribution is 0.359. The number of benzene rings is 2. The summed E-state index contributed by atoms with van der Waals surface area (Å²) >= 11 is 0. The first-order valence-electron chi connectivity index (χ1n) is 6.44. The average molecular weight is 288 g/mol. The number of ether oxygens (including phenoxy) is 1. The van der Waals surface area contributed by atoms with Crippen LogP contribution in [0.3, 0.4) is 0 Å². The first-order chi connectivity index (χ1) is 9.90. The summed E-state index contributed by atoms with van der Waals surface area (Å²) < 4.78 is 5.24. The third-order valence-electron chi connectivity index (χ3n) is 2.45. The second-order valence-electron chi connectivity index (χ2n) is 4.63. The third-order valence-corrected chi connectivity index (χ3v) is 2.45. The van der Waals surface area contributed by atoms with Gasteiger partial charge < -0.3 is 20.1 Å². The van der Waals surface area contributed by atoms with Crippen LogP contribution in [0.2, 0.25) is 0 Å². The van der Waals surface area contributed by atoms with Gasteiger partial charge in [0.2, 0.25) is 0 Å². The summed E-state index contributed by atoms with van der Waals surface area (Å²) in [5.41, 5.74) is 1.83. The van der Waals surface area contributed by atoms with Crippen molar-refractivity contribution >= 4 is 0 Å². The third kappa shape index (κ3) is 6.38. The van der Waals surface area contributed by atoms with Gasteiger partial charge in [-0.2, -0.15) is 0 Å². The van der Waals surface area contributed by atoms with Gasteiger partial charge in [0.1, 0.15) is 29.6 Å². The van der Waals surface area contributed by atoms with E-state index in [0.717, 1.165) is 11.1 Å². The van der Waals surface area contributed by atoms with E-state index >= 15 is 0 Å². The number of hydrogen-bond donors (Lipinski definition) is 3. The van der Waals surface area contributed by atoms with Gasteiger partial charge in [0, 0.05) is 12.1 Å². The van der Waals surface area contributed by atoms with Crippen LogP contribution >= 0.6 is 0 Å². The maximum absolute atomic E-state index is 9.19. The van der Waals surface area contributed by atoms with E-state index in [2.05, 4.69) is 6.58 Å². The number of aromatic hydroxyl groups is 3. The van der Waals surface area contributed by atoms with Crippen LogP contribution < -0.4 is 4.74 Å². The van der Waals surface area contributed by atoms with E-state index in [9.17, 15) is 5.11 Å². The topological polar surface area (TPSA) is 69.9 Å². The molecule has 0 aliphatic carbocycles. The Morgan fingerprint density at radius 3 is 1.76 bits per heavy atom. The Morgan fingerprint density at radius 1 is 0.857 bits per heavy atom. The fourth-order valence-electron chi connectivity index (χ4n) is 1.71. The number of phenolic OH excluding ortho intramolecular Hbond substituents is 3. The Kier molecular flexibility index (Phi) is 6.14. The van der Waals surface area contributed by atoms with Gasteiger partial charge in [0.25, 0.3) is 0 Å². The Bertz CT molecular complexity index is 535. The van der Waals surface area contributed by atoms with Crippen molar-refractivity contribution in [3.05, 3.63) is 60.2 Å². The second-order valence-corrected chi connectivity index (χ2v) is 4.63. The van der Waals surface area contributed by atoms with Crippen LogP contribution in [0.1, 0.15) is 11.1 Å². The summed E-state index contributed by atoms with van der Waals surface area (Å²) in [5, 5.41) is 26.9. The van der Waals surface area contributed by atoms with E-state index in [1.807, 2.05) is 13.0 Å². The predicted molar refractivity (Wildman–Crippen MR) is 83.0 cm³/mol. The Balaban J connectivity index is 0.000000219. The zero-order valence-corrected chi connectivity index (χ0v) is 12.2. The van der Waals surface area contributed by atoms with Crippen LogP contribution in [-0.2, 0) is 0 Å². The number of phenols is 3. The molecule has 0 saturated carbocycles. The van der Waals surface area contributed by atoms with Gasteiger partial charge in [-0.05, 0) is 49.2 Å². The minimum absolute atomic E-state index is 0.104. The molecule has 0 unspecified atom stereocenters. The minimum atomic E-state index is 0.104. The molecule has 0 atom stereocenters. The summed E-state index contributed by atoms with van der Waals surface area (Å²) in [6.45, 7) is 7.70. The van der Waals surface area contributed by atoms with Crippen LogP contribution in [0.4, 0.5) is 0 Å². The number of aryl methyl sites for hydroxylation is 2. The average Bonchev–Trinajstić information content (AvgIpc) is 2.34. The van der Waals surface area contributed by atoms with Gasteiger partial charge in [-0.15, -0.1) is 0 Å². The second kappa shape index (κ2) is 7.85. The monoisotopic (exact) mass is 288 g/mol. The normalized spacial score (nSPS) is 9.43. The van der Waals surface area contributed by atoms with Crippen molar-refractivity contribution in [3.63, 3.8) is 0 Å². The Labute approximate surface area is 124 Å². The van der Waals surface area contributed by atoms with E-state index < -0.39 is 0 Å². The van der Waals surface area contributed by atoms with Crippen molar-refractivity contribution < 1.29 is 20.1 Å². The lowest BCUT2D eigenvalue weighted by atomic mass is 10.2. The van der Waals surface area contributed by atoms with Crippen LogP contribution in [0, 0.1) is 13.8 Å². The Hall–Kier alpha value is -2.62. The zero-order valence-electron chi connectivity index (χ0n) is 12.2. The number of hydrogen-bond acceptors (Lipinski definition) is 4. The molecular weight excluding hydrogens is 268 g/mol. The van der Waals surface area contributed by atoms with Gasteiger partial charge in [-0.3, -0.25) is 0 Å². The molecule has 4 heteroatoms. The highest BCUT2D eigenvalue weighted by Gasteiger charge is 1.96. The maximum atomic E-state index is 9.19. The van der Waals surface area contributed by atoms with Crippen molar-refractivity contribution in [1.82, 2.24) is 0 Å². The van der Waals surface area contributed by atoms with Crippen molar-refractivity contribution in [1.29, 1.82) is 0 Å². The lowest BCUT2D eigenvalue weighted by Gasteiger charge is -2.04. The fourth-order valence-corrected chi connectivity index (χ4v) is 1.71. The minimum Gasteiger partial charge on any atom is -0.508 e. The van der Waals surface area contributed by atoms with E-state index in [1.54, 1.807) is 37.3 Å². The molecular formula is C17H20O4. The summed E-state index contributed by atoms with van der Waals surface area (Å²) in [6, 6.07) is 9.59. The quantitative estimate of drug-likeness (QED) is 0.754. The molecule has 21 heavy (non-hydrogen) atoms. The van der Waals surface area contributed by atoms with Gasteiger partial charge in [0.05, 0.1) is 0 Å². The molecule has 2 rings (SSSR count). The molecule has 0 fully saturated rings. The molecule has 0 saturated heterocycles. The molecule has 0 amide bonds. The van der Waals surface area contributed by atoms with Gasteiger partial charge in [-0.1, -0.05) is 12.7 Å². The van der Waals surface area contributed by atoms with Gasteiger partial charge >= 0.3 is 0 Å². The highest BCUT2D eigenvalue weighted by atomic mass is 16.5. The molecule has 112 valence electrons. The van der Waals surface area contributed by atoms with E-state index in [1.165, 1.54) is 6.07 Å². The summed E-state index contributed by atoms with van der Waals surface area (Å²) in [4.78, 5) is 0. The SMILES string of the molecule is C=CCOc1cc(C)cc(O)c1.Cc1cc(O)cc(O)c1. The van der Waals surface area contributed by atoms with Crippen molar-refractivity contribution in [2.45, 2.75) is 13.8 Å². The molecule has 2 aromatic rings. The van der Waals surface area contributed by atoms with E-state index in [-0.39, 0.29) is 17.2 Å². The molecule has 2 aromatic carbocycles. The van der Waals surface area contributed by atoms with Crippen LogP contribution in [0.25, 0.3) is 0 Å². The molecule has 0 bridgehead atoms. The van der Waals surface area contributed by atoms with Crippen LogP contribution in [0.5, 0.6) is 23.0 Å². The molecule has 0 spiro atoms. The Morgan fingerprint density at radius 2 is 1.33 bits per heavy atom. The molecule has 0 aromatic heterocycles. The van der Waals surface area contributed by atoms with Crippen molar-refractivity contribution in [2.24, 2.45) is 0 Å². The lowest BCUT2D eigenvalue weighted by Crippen LogP contribution is -1.92. The first kappa shape index (κ1) is 16.4. The van der Waals surface area contributed by atoms with Crippen molar-refractivity contribution in [3.8, 4) is 23.0 Å². The highest BCUT2D eigenvalue weighted by Crippen LogP contribution is 2.21. The summed E-state index contributed by atoms with van der Waals surface area (Å²) in [6.07, 6.45) is 1.67. The van der Waals surface area contributed by atoms with Crippen LogP contribution in [0.15, 0.2) is 49.1 Å². The molecule has 0 radical (unpaired) electrons.